The molecule has 0 radical (unpaired) electrons. The van der Waals surface area contributed by atoms with E-state index in [1.165, 1.54) is 6.92 Å². The number of anilines is 1. The lowest BCUT2D eigenvalue weighted by Crippen LogP contribution is -2.25. The highest BCUT2D eigenvalue weighted by atomic mass is 35.5. The quantitative estimate of drug-likeness (QED) is 0.316. The maximum Gasteiger partial charge on any atom is 0.410 e. The number of benzene rings is 1. The van der Waals surface area contributed by atoms with Gasteiger partial charge >= 0.3 is 6.09 Å². The van der Waals surface area contributed by atoms with Crippen LogP contribution in [0, 0.1) is 13.8 Å². The molecule has 0 fully saturated rings. The maximum absolute atomic E-state index is 13.0. The number of hydrogen-bond acceptors (Lipinski definition) is 6. The topological polar surface area (TPSA) is 139 Å². The molecule has 1 aromatic carbocycles. The van der Waals surface area contributed by atoms with Crippen LogP contribution < -0.4 is 10.6 Å². The summed E-state index contributed by atoms with van der Waals surface area (Å²) < 4.78 is 1.55. The Balaban J connectivity index is 1.53. The number of hydrogen-bond donors (Lipinski definition) is 3. The highest BCUT2D eigenvalue weighted by Crippen LogP contribution is 2.20. The number of rotatable bonds is 7. The summed E-state index contributed by atoms with van der Waals surface area (Å²) in [5, 5.41) is 19.7. The minimum Gasteiger partial charge on any atom is -0.465 e. The summed E-state index contributed by atoms with van der Waals surface area (Å²) in [4.78, 5) is 44.6. The Bertz CT molecular complexity index is 1490. The number of ketones is 1. The van der Waals surface area contributed by atoms with Crippen LogP contribution in [0.15, 0.2) is 42.7 Å². The summed E-state index contributed by atoms with van der Waals surface area (Å²) in [5.41, 5.74) is 4.04. The Labute approximate surface area is 211 Å². The number of Topliss-reactive ketones (excluding diaryl/α,β-unsaturated/α-hetero) is 1. The van der Waals surface area contributed by atoms with Crippen LogP contribution in [0.3, 0.4) is 0 Å². The minimum atomic E-state index is -1.21. The van der Waals surface area contributed by atoms with Crippen molar-refractivity contribution in [1.82, 2.24) is 25.1 Å². The van der Waals surface area contributed by atoms with Gasteiger partial charge in [-0.25, -0.2) is 9.78 Å². The molecule has 3 N–H and O–H groups in total. The molecule has 0 atom stereocenters. The third-order valence-corrected chi connectivity index (χ3v) is 5.82. The van der Waals surface area contributed by atoms with Gasteiger partial charge in [0.15, 0.2) is 5.78 Å². The highest BCUT2D eigenvalue weighted by Gasteiger charge is 2.20. The van der Waals surface area contributed by atoms with E-state index in [0.29, 0.717) is 17.3 Å². The van der Waals surface area contributed by atoms with Crippen molar-refractivity contribution in [2.75, 3.05) is 5.32 Å². The molecule has 4 aromatic rings. The maximum atomic E-state index is 13.0. The summed E-state index contributed by atoms with van der Waals surface area (Å²) in [5.74, 6) is -0.571. The molecule has 3 heterocycles. The van der Waals surface area contributed by atoms with Crippen LogP contribution in [0.5, 0.6) is 0 Å². The van der Waals surface area contributed by atoms with Gasteiger partial charge < -0.3 is 10.4 Å². The van der Waals surface area contributed by atoms with E-state index < -0.39 is 12.0 Å². The molecule has 10 nitrogen and oxygen atoms in total. The number of carbonyl (C=O) groups is 3. The van der Waals surface area contributed by atoms with E-state index >= 15 is 0 Å². The molecule has 3 aromatic heterocycles. The third kappa shape index (κ3) is 5.49. The standard InChI is InChI=1S/C25H23ClN6O4/c1-13-6-22(30-25(35)36)29-14(2)19(13)10-28-24(34)20-12-32(31-23(20)15(3)33)11-16-4-5-21-17(7-16)8-18(26)9-27-21/h4-9,12H,10-11H2,1-3H3,(H,28,34)(H,29,30)(H,35,36). The fourth-order valence-corrected chi connectivity index (χ4v) is 4.10. The first-order valence-electron chi connectivity index (χ1n) is 11.0. The second kappa shape index (κ2) is 10.1. The molecule has 0 unspecified atom stereocenters. The van der Waals surface area contributed by atoms with Crippen LogP contribution in [0.2, 0.25) is 5.02 Å². The zero-order chi connectivity index (χ0) is 26.0. The van der Waals surface area contributed by atoms with Gasteiger partial charge in [-0.15, -0.1) is 0 Å². The van der Waals surface area contributed by atoms with Crippen molar-refractivity contribution in [3.05, 3.63) is 81.4 Å². The number of amides is 2. The summed E-state index contributed by atoms with van der Waals surface area (Å²) in [6, 6.07) is 9.12. The SMILES string of the molecule is CC(=O)c1nn(Cc2ccc3ncc(Cl)cc3c2)cc1C(=O)NCc1c(C)cc(NC(=O)O)nc1C. The summed E-state index contributed by atoms with van der Waals surface area (Å²) in [7, 11) is 0. The van der Waals surface area contributed by atoms with Crippen LogP contribution in [-0.2, 0) is 13.1 Å². The van der Waals surface area contributed by atoms with Crippen LogP contribution in [0.1, 0.15) is 50.2 Å². The number of pyridine rings is 2. The van der Waals surface area contributed by atoms with Crippen molar-refractivity contribution in [2.45, 2.75) is 33.9 Å². The van der Waals surface area contributed by atoms with Gasteiger partial charge in [0, 0.05) is 36.9 Å². The van der Waals surface area contributed by atoms with Gasteiger partial charge in [0.1, 0.15) is 11.5 Å². The fraction of sp³-hybridized carbons (Fsp3) is 0.200. The highest BCUT2D eigenvalue weighted by molar-refractivity contribution is 6.31. The summed E-state index contributed by atoms with van der Waals surface area (Å²) in [6.45, 7) is 5.38. The first-order valence-corrected chi connectivity index (χ1v) is 11.4. The number of aryl methyl sites for hydroxylation is 2. The predicted octanol–water partition coefficient (Wildman–Crippen LogP) is 4.37. The Morgan fingerprint density at radius 1 is 1.14 bits per heavy atom. The zero-order valence-electron chi connectivity index (χ0n) is 19.8. The minimum absolute atomic E-state index is 0.0746. The largest absolute Gasteiger partial charge is 0.465 e. The average molecular weight is 507 g/mol. The van der Waals surface area contributed by atoms with Gasteiger partial charge in [0.2, 0.25) is 0 Å². The second-order valence-corrected chi connectivity index (χ2v) is 8.76. The molecule has 184 valence electrons. The number of nitrogens with one attached hydrogen (secondary N) is 2. The Morgan fingerprint density at radius 3 is 2.61 bits per heavy atom. The average Bonchev–Trinajstić information content (AvgIpc) is 3.22. The molecule has 0 spiro atoms. The molecular formula is C25H23ClN6O4. The summed E-state index contributed by atoms with van der Waals surface area (Å²) in [6.07, 6.45) is 1.92. The molecule has 4 rings (SSSR count). The normalized spacial score (nSPS) is 10.9. The van der Waals surface area contributed by atoms with Crippen molar-refractivity contribution < 1.29 is 19.5 Å². The smallest absolute Gasteiger partial charge is 0.410 e. The van der Waals surface area contributed by atoms with Crippen molar-refractivity contribution >= 4 is 46.1 Å². The molecule has 0 aliphatic heterocycles. The number of carbonyl (C=O) groups excluding carboxylic acids is 2. The van der Waals surface area contributed by atoms with Crippen LogP contribution in [0.25, 0.3) is 10.9 Å². The number of fused-ring (bicyclic) bond motifs is 1. The van der Waals surface area contributed by atoms with Crippen molar-refractivity contribution in [3.63, 3.8) is 0 Å². The molecular weight excluding hydrogens is 484 g/mol. The zero-order valence-corrected chi connectivity index (χ0v) is 20.6. The van der Waals surface area contributed by atoms with Gasteiger partial charge in [-0.1, -0.05) is 17.7 Å². The molecule has 0 bridgehead atoms. The monoisotopic (exact) mass is 506 g/mol. The third-order valence-electron chi connectivity index (χ3n) is 5.61. The van der Waals surface area contributed by atoms with E-state index in [1.54, 1.807) is 37.0 Å². The first kappa shape index (κ1) is 24.8. The van der Waals surface area contributed by atoms with Crippen molar-refractivity contribution in [2.24, 2.45) is 0 Å². The van der Waals surface area contributed by atoms with E-state index in [0.717, 1.165) is 27.6 Å². The van der Waals surface area contributed by atoms with Crippen LogP contribution in [0.4, 0.5) is 10.6 Å². The van der Waals surface area contributed by atoms with E-state index in [4.69, 9.17) is 16.7 Å². The molecule has 36 heavy (non-hydrogen) atoms. The lowest BCUT2D eigenvalue weighted by Gasteiger charge is -2.12. The molecule has 0 saturated carbocycles. The summed E-state index contributed by atoms with van der Waals surface area (Å²) >= 11 is 6.05. The molecule has 0 aliphatic carbocycles. The van der Waals surface area contributed by atoms with Gasteiger partial charge in [-0.05, 0) is 54.8 Å². The second-order valence-electron chi connectivity index (χ2n) is 8.33. The number of aromatic nitrogens is 4. The van der Waals surface area contributed by atoms with Crippen LogP contribution in [-0.4, -0.2) is 42.6 Å². The van der Waals surface area contributed by atoms with Gasteiger partial charge in [-0.2, -0.15) is 5.10 Å². The van der Waals surface area contributed by atoms with E-state index in [1.807, 2.05) is 24.3 Å². The Kier molecular flexibility index (Phi) is 6.98. The van der Waals surface area contributed by atoms with Crippen molar-refractivity contribution in [3.8, 4) is 0 Å². The molecule has 2 amide bonds. The van der Waals surface area contributed by atoms with Crippen LogP contribution >= 0.6 is 11.6 Å². The lowest BCUT2D eigenvalue weighted by molar-refractivity contribution is 0.0935. The predicted molar refractivity (Wildman–Crippen MR) is 135 cm³/mol. The van der Waals surface area contributed by atoms with E-state index in [-0.39, 0.29) is 29.4 Å². The Morgan fingerprint density at radius 2 is 1.92 bits per heavy atom. The number of carboxylic acid groups (broad SMARTS) is 1. The van der Waals surface area contributed by atoms with E-state index in [9.17, 15) is 14.4 Å². The van der Waals surface area contributed by atoms with Gasteiger partial charge in [0.25, 0.3) is 5.91 Å². The lowest BCUT2D eigenvalue weighted by atomic mass is 10.1. The first-order chi connectivity index (χ1) is 17.1. The fourth-order valence-electron chi connectivity index (χ4n) is 3.93. The van der Waals surface area contributed by atoms with E-state index in [2.05, 4.69) is 25.7 Å². The van der Waals surface area contributed by atoms with Gasteiger partial charge in [0.05, 0.1) is 22.6 Å². The van der Waals surface area contributed by atoms with Crippen molar-refractivity contribution in [1.29, 1.82) is 0 Å². The molecule has 0 aliphatic rings. The molecule has 0 saturated heterocycles. The van der Waals surface area contributed by atoms with Gasteiger partial charge in [-0.3, -0.25) is 24.6 Å². The number of halogens is 1. The number of nitrogens with zero attached hydrogens (tertiary/aromatic N) is 4. The molecule has 11 heteroatoms. The Hall–Kier alpha value is -4.31.